The number of hydrogen-bond donors (Lipinski definition) is 0. The van der Waals surface area contributed by atoms with Crippen molar-refractivity contribution in [2.75, 3.05) is 6.61 Å². The van der Waals surface area contributed by atoms with Crippen molar-refractivity contribution in [1.29, 1.82) is 0 Å². The average Bonchev–Trinajstić information content (AvgIpc) is 2.58. The zero-order valence-electron chi connectivity index (χ0n) is 18.0. The van der Waals surface area contributed by atoms with Crippen molar-refractivity contribution in [3.05, 3.63) is 48.0 Å². The van der Waals surface area contributed by atoms with E-state index in [9.17, 15) is 9.59 Å². The minimum atomic E-state index is -0.596. The average molecular weight is 391 g/mol. The van der Waals surface area contributed by atoms with Gasteiger partial charge in [-0.1, -0.05) is 49.4 Å². The van der Waals surface area contributed by atoms with E-state index in [-0.39, 0.29) is 12.5 Å². The van der Waals surface area contributed by atoms with Gasteiger partial charge in [-0.25, -0.2) is 0 Å². The van der Waals surface area contributed by atoms with Crippen molar-refractivity contribution in [3.63, 3.8) is 0 Å². The molecule has 5 nitrogen and oxygen atoms in total. The molecule has 5 heteroatoms. The fourth-order valence-corrected chi connectivity index (χ4v) is 2.51. The van der Waals surface area contributed by atoms with E-state index in [2.05, 4.69) is 6.58 Å². The fraction of sp³-hybridized carbons (Fsp3) is 0.565. The molecule has 0 fully saturated rings. The van der Waals surface area contributed by atoms with E-state index in [1.807, 2.05) is 44.2 Å². The van der Waals surface area contributed by atoms with Crippen LogP contribution in [0.25, 0.3) is 0 Å². The van der Waals surface area contributed by atoms with Crippen molar-refractivity contribution in [2.45, 2.75) is 72.2 Å². The van der Waals surface area contributed by atoms with E-state index in [1.165, 1.54) is 0 Å². The summed E-state index contributed by atoms with van der Waals surface area (Å²) in [4.78, 5) is 24.6. The lowest BCUT2D eigenvalue weighted by Crippen LogP contribution is -2.36. The van der Waals surface area contributed by atoms with Crippen LogP contribution in [0.1, 0.15) is 53.5 Å². The number of carbonyl (C=O) groups excluding carboxylic acids is 2. The standard InChI is InChI=1S/C23H34O5/c1-16(2)15-26-18(4)20(14-19-11-9-8-10-12-19)27-22(25)17(3)13-21(24)28-23(5,6)7/h8-12,17-18,20H,1,13-15H2,2-7H3/t17-,18+,20-/m1/s1. The molecule has 1 aromatic carbocycles. The summed E-state index contributed by atoms with van der Waals surface area (Å²) in [6.07, 6.45) is -0.261. The lowest BCUT2D eigenvalue weighted by atomic mass is 10.0. The van der Waals surface area contributed by atoms with E-state index in [0.717, 1.165) is 11.1 Å². The highest BCUT2D eigenvalue weighted by molar-refractivity contribution is 5.80. The van der Waals surface area contributed by atoms with Gasteiger partial charge in [-0.2, -0.15) is 0 Å². The number of hydrogen-bond acceptors (Lipinski definition) is 5. The van der Waals surface area contributed by atoms with Gasteiger partial charge in [0.05, 0.1) is 25.0 Å². The maximum atomic E-state index is 12.6. The highest BCUT2D eigenvalue weighted by Crippen LogP contribution is 2.17. The van der Waals surface area contributed by atoms with Gasteiger partial charge in [0, 0.05) is 6.42 Å². The van der Waals surface area contributed by atoms with Crippen LogP contribution in [0.2, 0.25) is 0 Å². The monoisotopic (exact) mass is 390 g/mol. The first-order valence-corrected chi connectivity index (χ1v) is 9.70. The van der Waals surface area contributed by atoms with Crippen LogP contribution >= 0.6 is 0 Å². The summed E-state index contributed by atoms with van der Waals surface area (Å²) in [5.41, 5.74) is 1.36. The van der Waals surface area contributed by atoms with Gasteiger partial charge >= 0.3 is 11.9 Å². The van der Waals surface area contributed by atoms with Gasteiger partial charge < -0.3 is 14.2 Å². The molecule has 0 spiro atoms. The summed E-state index contributed by atoms with van der Waals surface area (Å²) in [6.45, 7) is 15.1. The molecule has 3 atom stereocenters. The highest BCUT2D eigenvalue weighted by Gasteiger charge is 2.28. The Morgan fingerprint density at radius 1 is 1.11 bits per heavy atom. The second-order valence-electron chi connectivity index (χ2n) is 8.33. The summed E-state index contributed by atoms with van der Waals surface area (Å²) < 4.78 is 16.8. The van der Waals surface area contributed by atoms with Crippen LogP contribution in [0.5, 0.6) is 0 Å². The zero-order valence-corrected chi connectivity index (χ0v) is 18.0. The number of carbonyl (C=O) groups is 2. The van der Waals surface area contributed by atoms with Crippen LogP contribution < -0.4 is 0 Å². The Kier molecular flexibility index (Phi) is 9.39. The minimum Gasteiger partial charge on any atom is -0.460 e. The number of benzene rings is 1. The molecule has 0 saturated heterocycles. The maximum Gasteiger partial charge on any atom is 0.309 e. The molecule has 0 radical (unpaired) electrons. The Balaban J connectivity index is 2.75. The first-order valence-electron chi connectivity index (χ1n) is 9.70. The Hall–Kier alpha value is -2.14. The normalized spacial score (nSPS) is 14.6. The molecular formula is C23H34O5. The van der Waals surface area contributed by atoms with E-state index in [4.69, 9.17) is 14.2 Å². The molecule has 0 unspecified atom stereocenters. The summed E-state index contributed by atoms with van der Waals surface area (Å²) >= 11 is 0. The molecule has 0 bridgehead atoms. The van der Waals surface area contributed by atoms with Crippen LogP contribution in [0, 0.1) is 5.92 Å². The summed E-state index contributed by atoms with van der Waals surface area (Å²) in [7, 11) is 0. The third-order valence-corrected chi connectivity index (χ3v) is 3.96. The summed E-state index contributed by atoms with van der Waals surface area (Å²) in [5.74, 6) is -1.44. The molecule has 0 aromatic heterocycles. The van der Waals surface area contributed by atoms with Gasteiger partial charge in [-0.3, -0.25) is 9.59 Å². The van der Waals surface area contributed by atoms with Crippen molar-refractivity contribution in [1.82, 2.24) is 0 Å². The van der Waals surface area contributed by atoms with Crippen molar-refractivity contribution in [2.24, 2.45) is 5.92 Å². The molecule has 0 aliphatic carbocycles. The number of ether oxygens (including phenoxy) is 3. The molecular weight excluding hydrogens is 356 g/mol. The second kappa shape index (κ2) is 11.0. The molecule has 0 aliphatic rings. The first kappa shape index (κ1) is 23.9. The van der Waals surface area contributed by atoms with Gasteiger partial charge in [-0.15, -0.1) is 0 Å². The SMILES string of the molecule is C=C(C)CO[C@@H](C)[C@@H](Cc1ccccc1)OC(=O)[C@H](C)CC(=O)OC(C)(C)C. The highest BCUT2D eigenvalue weighted by atomic mass is 16.6. The lowest BCUT2D eigenvalue weighted by molar-refractivity contribution is -0.167. The van der Waals surface area contributed by atoms with Crippen LogP contribution in [0.15, 0.2) is 42.5 Å². The van der Waals surface area contributed by atoms with Crippen molar-refractivity contribution < 1.29 is 23.8 Å². The largest absolute Gasteiger partial charge is 0.460 e. The van der Waals surface area contributed by atoms with Gasteiger partial charge in [-0.05, 0) is 40.2 Å². The van der Waals surface area contributed by atoms with Gasteiger partial charge in [0.25, 0.3) is 0 Å². The summed E-state index contributed by atoms with van der Waals surface area (Å²) in [6, 6.07) is 9.79. The number of esters is 2. The third-order valence-electron chi connectivity index (χ3n) is 3.96. The predicted octanol–water partition coefficient (Wildman–Crippen LogP) is 4.49. The third kappa shape index (κ3) is 9.70. The van der Waals surface area contributed by atoms with E-state index >= 15 is 0 Å². The molecule has 0 aliphatic heterocycles. The Labute approximate surface area is 169 Å². The molecule has 1 rings (SSSR count). The van der Waals surface area contributed by atoms with Crippen LogP contribution in [0.4, 0.5) is 0 Å². The quantitative estimate of drug-likeness (QED) is 0.435. The minimum absolute atomic E-state index is 0.0187. The first-order chi connectivity index (χ1) is 13.0. The van der Waals surface area contributed by atoms with Crippen molar-refractivity contribution in [3.8, 4) is 0 Å². The Morgan fingerprint density at radius 3 is 2.25 bits per heavy atom. The van der Waals surface area contributed by atoms with Gasteiger partial charge in [0.1, 0.15) is 11.7 Å². The molecule has 0 heterocycles. The molecule has 0 saturated carbocycles. The van der Waals surface area contributed by atoms with E-state index in [1.54, 1.807) is 27.7 Å². The topological polar surface area (TPSA) is 61.8 Å². The Bertz CT molecular complexity index is 645. The molecule has 28 heavy (non-hydrogen) atoms. The van der Waals surface area contributed by atoms with Crippen LogP contribution in [-0.2, 0) is 30.2 Å². The molecule has 156 valence electrons. The molecule has 1 aromatic rings. The Morgan fingerprint density at radius 2 is 1.71 bits per heavy atom. The lowest BCUT2D eigenvalue weighted by Gasteiger charge is -2.26. The number of rotatable bonds is 10. The van der Waals surface area contributed by atoms with E-state index < -0.39 is 29.6 Å². The smallest absolute Gasteiger partial charge is 0.309 e. The zero-order chi connectivity index (χ0) is 21.3. The van der Waals surface area contributed by atoms with Gasteiger partial charge in [0.2, 0.25) is 0 Å². The van der Waals surface area contributed by atoms with Crippen LogP contribution in [-0.4, -0.2) is 36.4 Å². The van der Waals surface area contributed by atoms with Crippen molar-refractivity contribution >= 4 is 11.9 Å². The maximum absolute atomic E-state index is 12.6. The molecule has 0 N–H and O–H groups in total. The second-order valence-corrected chi connectivity index (χ2v) is 8.33. The van der Waals surface area contributed by atoms with Crippen LogP contribution in [0.3, 0.4) is 0 Å². The summed E-state index contributed by atoms with van der Waals surface area (Å²) in [5, 5.41) is 0. The fourth-order valence-electron chi connectivity index (χ4n) is 2.51. The predicted molar refractivity (Wildman–Crippen MR) is 110 cm³/mol. The molecule has 0 amide bonds. The van der Waals surface area contributed by atoms with Gasteiger partial charge in [0.15, 0.2) is 0 Å². The van der Waals surface area contributed by atoms with E-state index in [0.29, 0.717) is 13.0 Å².